The van der Waals surface area contributed by atoms with Crippen LogP contribution in [0.25, 0.3) is 0 Å². The number of cyclic esters (lactones) is 1. The van der Waals surface area contributed by atoms with E-state index in [1.54, 1.807) is 11.8 Å². The van der Waals surface area contributed by atoms with E-state index in [1.807, 2.05) is 29.2 Å². The van der Waals surface area contributed by atoms with E-state index in [1.165, 1.54) is 0 Å². The highest BCUT2D eigenvalue weighted by molar-refractivity contribution is 5.91. The summed E-state index contributed by atoms with van der Waals surface area (Å²) in [5.41, 5.74) is 1.85. The molecule has 0 bridgehead atoms. The van der Waals surface area contributed by atoms with Crippen molar-refractivity contribution in [3.05, 3.63) is 29.8 Å². The third-order valence-corrected chi connectivity index (χ3v) is 3.75. The van der Waals surface area contributed by atoms with E-state index in [0.29, 0.717) is 19.7 Å². The summed E-state index contributed by atoms with van der Waals surface area (Å²) in [5, 5.41) is 0. The fourth-order valence-corrected chi connectivity index (χ4v) is 2.71. The van der Waals surface area contributed by atoms with Crippen molar-refractivity contribution in [3.63, 3.8) is 0 Å². The Kier molecular flexibility index (Phi) is 2.89. The van der Waals surface area contributed by atoms with Gasteiger partial charge in [0.15, 0.2) is 0 Å². The lowest BCUT2D eigenvalue weighted by Crippen LogP contribution is -2.41. The largest absolute Gasteiger partial charge is 0.447 e. The highest BCUT2D eigenvalue weighted by Crippen LogP contribution is 2.31. The number of benzene rings is 1. The van der Waals surface area contributed by atoms with E-state index in [0.717, 1.165) is 17.7 Å². The summed E-state index contributed by atoms with van der Waals surface area (Å²) in [6.07, 6.45) is 0.466. The number of hydrogen-bond acceptors (Lipinski definition) is 3. The molecule has 1 saturated heterocycles. The Morgan fingerprint density at radius 2 is 2.16 bits per heavy atom. The van der Waals surface area contributed by atoms with E-state index in [9.17, 15) is 9.59 Å². The summed E-state index contributed by atoms with van der Waals surface area (Å²) < 4.78 is 5.15. The van der Waals surface area contributed by atoms with Gasteiger partial charge in [-0.2, -0.15) is 0 Å². The SMILES string of the molecule is CC(=O)N1CCC2COC(=O)N2c2ccccc2C1. The third kappa shape index (κ3) is 2.05. The Balaban J connectivity index is 2.03. The van der Waals surface area contributed by atoms with Crippen molar-refractivity contribution in [2.45, 2.75) is 25.9 Å². The first-order valence-corrected chi connectivity index (χ1v) is 6.46. The average molecular weight is 260 g/mol. The fraction of sp³-hybridized carbons (Fsp3) is 0.429. The van der Waals surface area contributed by atoms with E-state index >= 15 is 0 Å². The van der Waals surface area contributed by atoms with Crippen LogP contribution in [0.4, 0.5) is 10.5 Å². The van der Waals surface area contributed by atoms with Gasteiger partial charge in [0.05, 0.1) is 11.7 Å². The van der Waals surface area contributed by atoms with Crippen LogP contribution in [0.1, 0.15) is 18.9 Å². The molecule has 0 aliphatic carbocycles. The van der Waals surface area contributed by atoms with Gasteiger partial charge in [0.25, 0.3) is 0 Å². The Hall–Kier alpha value is -2.04. The molecule has 1 aromatic rings. The summed E-state index contributed by atoms with van der Waals surface area (Å²) in [7, 11) is 0. The van der Waals surface area contributed by atoms with E-state index in [2.05, 4.69) is 0 Å². The van der Waals surface area contributed by atoms with E-state index < -0.39 is 0 Å². The lowest BCUT2D eigenvalue weighted by atomic mass is 10.1. The molecule has 0 radical (unpaired) electrons. The van der Waals surface area contributed by atoms with Crippen LogP contribution in [-0.4, -0.2) is 36.1 Å². The van der Waals surface area contributed by atoms with Gasteiger partial charge >= 0.3 is 6.09 Å². The van der Waals surface area contributed by atoms with Gasteiger partial charge in [-0.05, 0) is 18.1 Å². The molecule has 0 N–H and O–H groups in total. The third-order valence-electron chi connectivity index (χ3n) is 3.75. The van der Waals surface area contributed by atoms with Crippen LogP contribution in [0.5, 0.6) is 0 Å². The molecular weight excluding hydrogens is 244 g/mol. The summed E-state index contributed by atoms with van der Waals surface area (Å²) in [5.74, 6) is 0.0634. The molecule has 0 spiro atoms. The molecule has 2 amide bonds. The van der Waals surface area contributed by atoms with Gasteiger partial charge in [-0.15, -0.1) is 0 Å². The number of hydrogen-bond donors (Lipinski definition) is 0. The summed E-state index contributed by atoms with van der Waals surface area (Å²) in [4.78, 5) is 27.1. The van der Waals surface area contributed by atoms with Crippen molar-refractivity contribution in [2.24, 2.45) is 0 Å². The second kappa shape index (κ2) is 4.57. The Labute approximate surface area is 111 Å². The van der Waals surface area contributed by atoms with Crippen LogP contribution in [-0.2, 0) is 16.1 Å². The molecule has 1 atom stereocenters. The summed E-state index contributed by atoms with van der Waals surface area (Å²) >= 11 is 0. The molecule has 2 aliphatic rings. The lowest BCUT2D eigenvalue weighted by molar-refractivity contribution is -0.129. The highest BCUT2D eigenvalue weighted by Gasteiger charge is 2.37. The number of carbonyl (C=O) groups is 2. The number of amides is 2. The molecule has 0 saturated carbocycles. The molecular formula is C14H16N2O3. The van der Waals surface area contributed by atoms with Crippen molar-refractivity contribution in [1.82, 2.24) is 4.90 Å². The van der Waals surface area contributed by atoms with Gasteiger partial charge in [0.1, 0.15) is 6.61 Å². The van der Waals surface area contributed by atoms with Gasteiger partial charge in [0.2, 0.25) is 5.91 Å². The fourth-order valence-electron chi connectivity index (χ4n) is 2.71. The predicted molar refractivity (Wildman–Crippen MR) is 69.8 cm³/mol. The predicted octanol–water partition coefficient (Wildman–Crippen LogP) is 1.76. The minimum atomic E-state index is -0.284. The maximum Gasteiger partial charge on any atom is 0.414 e. The van der Waals surface area contributed by atoms with Gasteiger partial charge in [-0.3, -0.25) is 9.69 Å². The maximum atomic E-state index is 11.9. The zero-order valence-electron chi connectivity index (χ0n) is 10.8. The Bertz CT molecular complexity index is 529. The lowest BCUT2D eigenvalue weighted by Gasteiger charge is -2.31. The molecule has 100 valence electrons. The Morgan fingerprint density at radius 3 is 2.95 bits per heavy atom. The summed E-state index contributed by atoms with van der Waals surface area (Å²) in [6, 6.07) is 7.73. The van der Waals surface area contributed by atoms with Crippen LogP contribution in [0.15, 0.2) is 24.3 Å². The molecule has 0 aromatic heterocycles. The van der Waals surface area contributed by atoms with E-state index in [4.69, 9.17) is 4.74 Å². The number of carbonyl (C=O) groups excluding carboxylic acids is 2. The Morgan fingerprint density at radius 1 is 1.37 bits per heavy atom. The van der Waals surface area contributed by atoms with Gasteiger partial charge < -0.3 is 9.64 Å². The maximum absolute atomic E-state index is 11.9. The zero-order valence-corrected chi connectivity index (χ0v) is 10.8. The average Bonchev–Trinajstić information content (AvgIpc) is 2.72. The van der Waals surface area contributed by atoms with Crippen molar-refractivity contribution in [2.75, 3.05) is 18.1 Å². The normalized spacial score (nSPS) is 22.2. The first-order valence-electron chi connectivity index (χ1n) is 6.46. The van der Waals surface area contributed by atoms with Crippen LogP contribution in [0, 0.1) is 0 Å². The molecule has 2 aliphatic heterocycles. The number of para-hydroxylation sites is 1. The summed E-state index contributed by atoms with van der Waals surface area (Å²) in [6.45, 7) is 3.18. The number of rotatable bonds is 0. The number of nitrogens with zero attached hydrogens (tertiary/aromatic N) is 2. The van der Waals surface area contributed by atoms with Crippen LogP contribution in [0.3, 0.4) is 0 Å². The van der Waals surface area contributed by atoms with Crippen molar-refractivity contribution < 1.29 is 14.3 Å². The highest BCUT2D eigenvalue weighted by atomic mass is 16.6. The smallest absolute Gasteiger partial charge is 0.414 e. The molecule has 1 unspecified atom stereocenters. The minimum Gasteiger partial charge on any atom is -0.447 e. The molecule has 3 rings (SSSR count). The molecule has 1 fully saturated rings. The van der Waals surface area contributed by atoms with E-state index in [-0.39, 0.29) is 18.0 Å². The monoisotopic (exact) mass is 260 g/mol. The van der Waals surface area contributed by atoms with Gasteiger partial charge in [-0.1, -0.05) is 18.2 Å². The molecule has 1 aromatic carbocycles. The second-order valence-electron chi connectivity index (χ2n) is 4.96. The number of fused-ring (bicyclic) bond motifs is 3. The topological polar surface area (TPSA) is 49.9 Å². The van der Waals surface area contributed by atoms with Crippen molar-refractivity contribution in [1.29, 1.82) is 0 Å². The van der Waals surface area contributed by atoms with Crippen molar-refractivity contribution in [3.8, 4) is 0 Å². The molecule has 2 heterocycles. The number of anilines is 1. The van der Waals surface area contributed by atoms with Crippen molar-refractivity contribution >= 4 is 17.7 Å². The first-order chi connectivity index (χ1) is 9.16. The number of ether oxygens (including phenoxy) is 1. The standard InChI is InChI=1S/C14H16N2O3/c1-10(17)15-7-6-12-9-19-14(18)16(12)13-5-3-2-4-11(13)8-15/h2-5,12H,6-9H2,1H3. The van der Waals surface area contributed by atoms with Crippen LogP contribution in [0.2, 0.25) is 0 Å². The van der Waals surface area contributed by atoms with Crippen LogP contribution >= 0.6 is 0 Å². The quantitative estimate of drug-likeness (QED) is 0.714. The molecule has 5 heteroatoms. The molecule has 5 nitrogen and oxygen atoms in total. The van der Waals surface area contributed by atoms with Crippen LogP contribution < -0.4 is 4.90 Å². The molecule has 19 heavy (non-hydrogen) atoms. The van der Waals surface area contributed by atoms with Gasteiger partial charge in [0, 0.05) is 20.0 Å². The second-order valence-corrected chi connectivity index (χ2v) is 4.96. The zero-order chi connectivity index (χ0) is 13.4. The minimum absolute atomic E-state index is 0.0239. The van der Waals surface area contributed by atoms with Gasteiger partial charge in [-0.25, -0.2) is 4.79 Å². The first kappa shape index (κ1) is 12.0.